The summed E-state index contributed by atoms with van der Waals surface area (Å²) < 4.78 is 11.6. The van der Waals surface area contributed by atoms with Crippen molar-refractivity contribution in [3.63, 3.8) is 0 Å². The first-order chi connectivity index (χ1) is 11.3. The van der Waals surface area contributed by atoms with Crippen LogP contribution in [-0.4, -0.2) is 5.11 Å². The Labute approximate surface area is 135 Å². The Morgan fingerprint density at radius 2 is 1.35 bits per heavy atom. The van der Waals surface area contributed by atoms with E-state index in [2.05, 4.69) is 5.73 Å². The summed E-state index contributed by atoms with van der Waals surface area (Å²) in [5.74, 6) is 0.529. The van der Waals surface area contributed by atoms with E-state index >= 15 is 0 Å². The lowest BCUT2D eigenvalue weighted by Crippen LogP contribution is -2.10. The van der Waals surface area contributed by atoms with Crippen LogP contribution in [0.4, 0.5) is 0 Å². The monoisotopic (exact) mass is 305 g/mol. The maximum atomic E-state index is 9.63. The molecule has 2 aromatic carbocycles. The molecule has 0 saturated heterocycles. The molecule has 1 radical (unpaired) electrons. The summed E-state index contributed by atoms with van der Waals surface area (Å²) in [5, 5.41) is 9.63. The molecule has 3 heteroatoms. The van der Waals surface area contributed by atoms with Crippen molar-refractivity contribution >= 4 is 0 Å². The summed E-state index contributed by atoms with van der Waals surface area (Å²) in [6.45, 7) is 0.840. The van der Waals surface area contributed by atoms with Gasteiger partial charge in [-0.3, -0.25) is 0 Å². The lowest BCUT2D eigenvalue weighted by atomic mass is 10.1. The quantitative estimate of drug-likeness (QED) is 0.802. The van der Waals surface area contributed by atoms with Gasteiger partial charge in [0.05, 0.1) is 6.61 Å². The normalized spacial score (nSPS) is 14.3. The van der Waals surface area contributed by atoms with E-state index in [-0.39, 0.29) is 5.76 Å². The van der Waals surface area contributed by atoms with Gasteiger partial charge in [0.15, 0.2) is 11.9 Å². The molecule has 0 bridgehead atoms. The van der Waals surface area contributed by atoms with Crippen molar-refractivity contribution in [1.29, 1.82) is 0 Å². The van der Waals surface area contributed by atoms with Crippen molar-refractivity contribution < 1.29 is 14.6 Å². The number of rotatable bonds is 6. The first-order valence-corrected chi connectivity index (χ1v) is 7.39. The molecule has 0 aliphatic heterocycles. The summed E-state index contributed by atoms with van der Waals surface area (Å²) >= 11 is 0. The summed E-state index contributed by atoms with van der Waals surface area (Å²) in [6.07, 6.45) is 3.67. The van der Waals surface area contributed by atoms with Gasteiger partial charge < -0.3 is 14.6 Å². The molecule has 1 N–H and O–H groups in total. The Kier molecular flexibility index (Phi) is 4.95. The fourth-order valence-corrected chi connectivity index (χ4v) is 2.14. The summed E-state index contributed by atoms with van der Waals surface area (Å²) in [6, 6.07) is 19.7. The number of hydrogen-bond acceptors (Lipinski definition) is 3. The Morgan fingerprint density at radius 1 is 0.783 bits per heavy atom. The number of aliphatic hydroxyl groups is 1. The van der Waals surface area contributed by atoms with Gasteiger partial charge in [0.25, 0.3) is 0 Å². The average molecular weight is 305 g/mol. The van der Waals surface area contributed by atoms with Crippen molar-refractivity contribution in [2.24, 2.45) is 0 Å². The minimum absolute atomic E-state index is 0.0279. The fraction of sp³-hybridized carbons (Fsp3) is 0.100. The van der Waals surface area contributed by atoms with Crippen LogP contribution < -0.4 is 0 Å². The van der Waals surface area contributed by atoms with Gasteiger partial charge in [-0.2, -0.15) is 0 Å². The zero-order valence-electron chi connectivity index (χ0n) is 12.6. The first kappa shape index (κ1) is 15.2. The minimum Gasteiger partial charge on any atom is -0.501 e. The van der Waals surface area contributed by atoms with E-state index in [0.717, 1.165) is 11.1 Å². The summed E-state index contributed by atoms with van der Waals surface area (Å²) in [5.41, 5.74) is 4.84. The van der Waals surface area contributed by atoms with Gasteiger partial charge in [-0.1, -0.05) is 66.4 Å². The molecular weight excluding hydrogens is 288 g/mol. The van der Waals surface area contributed by atoms with E-state index < -0.39 is 0 Å². The second kappa shape index (κ2) is 7.50. The zero-order chi connectivity index (χ0) is 15.9. The Balaban J connectivity index is 1.63. The first-order valence-electron chi connectivity index (χ1n) is 7.39. The topological polar surface area (TPSA) is 38.7 Å². The maximum Gasteiger partial charge on any atom is 0.191 e. The van der Waals surface area contributed by atoms with E-state index in [4.69, 9.17) is 9.47 Å². The van der Waals surface area contributed by atoms with Crippen LogP contribution in [0.25, 0.3) is 0 Å². The molecule has 0 atom stereocenters. The standard InChI is InChI=1S/C20H17O3/c21-18-11-12-19(22-14-16-7-3-1-4-8-16)20(13-18)23-15-17-9-5-2-6-10-17/h1-10,12-13,21H,14-15H2. The van der Waals surface area contributed by atoms with Gasteiger partial charge in [0.1, 0.15) is 12.4 Å². The molecular formula is C20H17O3. The van der Waals surface area contributed by atoms with Gasteiger partial charge in [-0.15, -0.1) is 0 Å². The van der Waals surface area contributed by atoms with Crippen molar-refractivity contribution in [2.75, 3.05) is 0 Å². The van der Waals surface area contributed by atoms with Crippen LogP contribution in [0.3, 0.4) is 0 Å². The van der Waals surface area contributed by atoms with Crippen LogP contribution in [-0.2, 0) is 22.7 Å². The fourth-order valence-electron chi connectivity index (χ4n) is 2.14. The van der Waals surface area contributed by atoms with E-state index in [1.165, 1.54) is 6.08 Å². The smallest absolute Gasteiger partial charge is 0.191 e. The second-order valence-corrected chi connectivity index (χ2v) is 5.10. The van der Waals surface area contributed by atoms with E-state index in [0.29, 0.717) is 25.1 Å². The van der Waals surface area contributed by atoms with Gasteiger partial charge >= 0.3 is 0 Å². The van der Waals surface area contributed by atoms with Crippen LogP contribution in [0, 0.1) is 6.10 Å². The van der Waals surface area contributed by atoms with E-state index in [1.807, 2.05) is 60.7 Å². The third kappa shape index (κ3) is 4.36. The van der Waals surface area contributed by atoms with Gasteiger partial charge in [-0.05, 0) is 11.1 Å². The number of hydrogen-bond donors (Lipinski definition) is 1. The Hall–Kier alpha value is -2.74. The van der Waals surface area contributed by atoms with Gasteiger partial charge in [0.2, 0.25) is 0 Å². The predicted octanol–water partition coefficient (Wildman–Crippen LogP) is 4.45. The van der Waals surface area contributed by atoms with Crippen molar-refractivity contribution in [3.05, 3.63) is 107 Å². The zero-order valence-corrected chi connectivity index (χ0v) is 12.6. The molecule has 0 aromatic heterocycles. The molecule has 0 heterocycles. The van der Waals surface area contributed by atoms with Gasteiger partial charge in [0, 0.05) is 12.2 Å². The van der Waals surface area contributed by atoms with Crippen LogP contribution in [0.5, 0.6) is 0 Å². The van der Waals surface area contributed by atoms with Crippen molar-refractivity contribution in [3.8, 4) is 0 Å². The SMILES string of the molecule is OC1=C=C[C](OCc2ccccc2)C(OCc2ccccc2)=C1. The highest BCUT2D eigenvalue weighted by molar-refractivity contribution is 5.34. The minimum atomic E-state index is 0.0279. The number of ether oxygens (including phenoxy) is 2. The highest BCUT2D eigenvalue weighted by Gasteiger charge is 2.19. The maximum absolute atomic E-state index is 9.63. The van der Waals surface area contributed by atoms with Crippen LogP contribution in [0.2, 0.25) is 0 Å². The number of benzene rings is 2. The summed E-state index contributed by atoms with van der Waals surface area (Å²) in [7, 11) is 0. The predicted molar refractivity (Wildman–Crippen MR) is 88.0 cm³/mol. The molecule has 0 saturated carbocycles. The molecule has 0 unspecified atom stereocenters. The third-order valence-corrected chi connectivity index (χ3v) is 3.34. The molecule has 1 aliphatic rings. The van der Waals surface area contributed by atoms with Crippen molar-refractivity contribution in [2.45, 2.75) is 13.2 Å². The molecule has 0 fully saturated rings. The lowest BCUT2D eigenvalue weighted by molar-refractivity contribution is 0.101. The molecule has 3 rings (SSSR count). The molecule has 115 valence electrons. The van der Waals surface area contributed by atoms with Crippen LogP contribution in [0.15, 0.2) is 90.1 Å². The Morgan fingerprint density at radius 3 is 1.96 bits per heavy atom. The molecule has 1 aliphatic carbocycles. The number of aliphatic hydroxyl groups excluding tert-OH is 1. The highest BCUT2D eigenvalue weighted by Crippen LogP contribution is 2.25. The average Bonchev–Trinajstić information content (AvgIpc) is 2.61. The lowest BCUT2D eigenvalue weighted by Gasteiger charge is -2.19. The molecule has 3 nitrogen and oxygen atoms in total. The van der Waals surface area contributed by atoms with E-state index in [9.17, 15) is 5.11 Å². The molecule has 2 aromatic rings. The third-order valence-electron chi connectivity index (χ3n) is 3.34. The van der Waals surface area contributed by atoms with Crippen LogP contribution >= 0.6 is 0 Å². The Bertz CT molecular complexity index is 726. The second-order valence-electron chi connectivity index (χ2n) is 5.10. The summed E-state index contributed by atoms with van der Waals surface area (Å²) in [4.78, 5) is 0. The highest BCUT2D eigenvalue weighted by atomic mass is 16.5. The molecule has 0 amide bonds. The largest absolute Gasteiger partial charge is 0.501 e. The molecule has 0 spiro atoms. The van der Waals surface area contributed by atoms with Crippen molar-refractivity contribution in [1.82, 2.24) is 0 Å². The van der Waals surface area contributed by atoms with Gasteiger partial charge in [-0.25, -0.2) is 0 Å². The molecule has 23 heavy (non-hydrogen) atoms. The van der Waals surface area contributed by atoms with Crippen LogP contribution in [0.1, 0.15) is 11.1 Å². The van der Waals surface area contributed by atoms with E-state index in [1.54, 1.807) is 6.08 Å².